The van der Waals surface area contributed by atoms with E-state index in [-0.39, 0.29) is 5.91 Å². The molecule has 0 saturated heterocycles. The highest BCUT2D eigenvalue weighted by Gasteiger charge is 2.14. The number of carbonyl (C=O) groups is 1. The number of amides is 1. The number of rotatable bonds is 5. The first-order valence-corrected chi connectivity index (χ1v) is 7.17. The van der Waals surface area contributed by atoms with Crippen molar-refractivity contribution in [3.05, 3.63) is 36.0 Å². The first kappa shape index (κ1) is 14.4. The van der Waals surface area contributed by atoms with Crippen LogP contribution >= 0.6 is 0 Å². The van der Waals surface area contributed by atoms with E-state index in [0.29, 0.717) is 19.5 Å². The second-order valence-electron chi connectivity index (χ2n) is 5.39. The van der Waals surface area contributed by atoms with Crippen LogP contribution in [0.2, 0.25) is 0 Å². The first-order chi connectivity index (χ1) is 10.6. The van der Waals surface area contributed by atoms with Crippen molar-refractivity contribution in [2.45, 2.75) is 26.4 Å². The Kier molecular flexibility index (Phi) is 3.70. The minimum absolute atomic E-state index is 0.0570. The van der Waals surface area contributed by atoms with Crippen molar-refractivity contribution in [2.24, 2.45) is 7.05 Å². The maximum atomic E-state index is 12.2. The highest BCUT2D eigenvalue weighted by Crippen LogP contribution is 2.17. The third-order valence-corrected chi connectivity index (χ3v) is 3.75. The Balaban J connectivity index is 1.65. The summed E-state index contributed by atoms with van der Waals surface area (Å²) in [4.78, 5) is 13.9. The fraction of sp³-hybridized carbons (Fsp3) is 0.400. The summed E-state index contributed by atoms with van der Waals surface area (Å²) in [5.74, 6) is 0.835. The molecule has 0 spiro atoms. The van der Waals surface area contributed by atoms with Gasteiger partial charge in [-0.05, 0) is 19.1 Å². The van der Waals surface area contributed by atoms with E-state index in [1.54, 1.807) is 29.1 Å². The van der Waals surface area contributed by atoms with Gasteiger partial charge in [-0.2, -0.15) is 10.2 Å². The van der Waals surface area contributed by atoms with Crippen LogP contribution in [0.4, 0.5) is 0 Å². The fourth-order valence-electron chi connectivity index (χ4n) is 2.60. The molecule has 0 bridgehead atoms. The lowest BCUT2D eigenvalue weighted by Crippen LogP contribution is -2.27. The van der Waals surface area contributed by atoms with Gasteiger partial charge in [-0.25, -0.2) is 0 Å². The molecule has 0 aliphatic heterocycles. The number of aromatic nitrogens is 4. The smallest absolute Gasteiger partial charge is 0.224 e. The maximum Gasteiger partial charge on any atom is 0.224 e. The van der Waals surface area contributed by atoms with Gasteiger partial charge in [0.1, 0.15) is 16.8 Å². The molecule has 3 rings (SSSR count). The summed E-state index contributed by atoms with van der Waals surface area (Å²) in [6.45, 7) is 2.97. The Morgan fingerprint density at radius 2 is 2.27 bits per heavy atom. The number of hydrogen-bond donors (Lipinski definition) is 0. The van der Waals surface area contributed by atoms with Crippen LogP contribution in [-0.2, 0) is 24.9 Å². The SMILES string of the molecule is Cc1nn(C)c2cnn(CCC(=O)N(C)Cc3ccco3)c12. The third-order valence-electron chi connectivity index (χ3n) is 3.75. The summed E-state index contributed by atoms with van der Waals surface area (Å²) >= 11 is 0. The number of carbonyl (C=O) groups excluding carboxylic acids is 1. The van der Waals surface area contributed by atoms with Crippen LogP contribution < -0.4 is 0 Å². The Morgan fingerprint density at radius 1 is 1.45 bits per heavy atom. The molecule has 7 heteroatoms. The van der Waals surface area contributed by atoms with E-state index in [0.717, 1.165) is 22.5 Å². The van der Waals surface area contributed by atoms with Gasteiger partial charge < -0.3 is 9.32 Å². The number of fused-ring (bicyclic) bond motifs is 1. The van der Waals surface area contributed by atoms with E-state index in [4.69, 9.17) is 4.42 Å². The molecule has 1 amide bonds. The molecule has 7 nitrogen and oxygen atoms in total. The molecule has 0 radical (unpaired) electrons. The standard InChI is InChI=1S/C15H19N5O2/c1-11-15-13(19(3)17-11)9-16-20(15)7-6-14(21)18(2)10-12-5-4-8-22-12/h4-5,8-9H,6-7,10H2,1-3H3. The molecule has 116 valence electrons. The second-order valence-corrected chi connectivity index (χ2v) is 5.39. The van der Waals surface area contributed by atoms with Crippen molar-refractivity contribution < 1.29 is 9.21 Å². The van der Waals surface area contributed by atoms with Crippen molar-refractivity contribution in [3.63, 3.8) is 0 Å². The molecule has 0 atom stereocenters. The minimum atomic E-state index is 0.0570. The number of aryl methyl sites for hydroxylation is 3. The van der Waals surface area contributed by atoms with Gasteiger partial charge >= 0.3 is 0 Å². The van der Waals surface area contributed by atoms with Crippen LogP contribution in [-0.4, -0.2) is 37.4 Å². The molecule has 3 heterocycles. The van der Waals surface area contributed by atoms with Crippen molar-refractivity contribution in [2.75, 3.05) is 7.05 Å². The fourth-order valence-corrected chi connectivity index (χ4v) is 2.60. The van der Waals surface area contributed by atoms with Gasteiger partial charge in [-0.15, -0.1) is 0 Å². The van der Waals surface area contributed by atoms with Gasteiger partial charge in [0.15, 0.2) is 0 Å². The van der Waals surface area contributed by atoms with Gasteiger partial charge in [-0.3, -0.25) is 14.2 Å². The molecular weight excluding hydrogens is 282 g/mol. The van der Waals surface area contributed by atoms with E-state index >= 15 is 0 Å². The highest BCUT2D eigenvalue weighted by atomic mass is 16.3. The third kappa shape index (κ3) is 2.61. The maximum absolute atomic E-state index is 12.2. The van der Waals surface area contributed by atoms with E-state index in [2.05, 4.69) is 10.2 Å². The Labute approximate surface area is 128 Å². The molecule has 0 saturated carbocycles. The van der Waals surface area contributed by atoms with Crippen molar-refractivity contribution in [3.8, 4) is 0 Å². The van der Waals surface area contributed by atoms with Crippen LogP contribution in [0.15, 0.2) is 29.0 Å². The molecule has 0 unspecified atom stereocenters. The van der Waals surface area contributed by atoms with E-state index in [1.165, 1.54) is 0 Å². The van der Waals surface area contributed by atoms with Crippen LogP contribution in [0, 0.1) is 6.92 Å². The minimum Gasteiger partial charge on any atom is -0.467 e. The second kappa shape index (κ2) is 5.67. The van der Waals surface area contributed by atoms with Crippen LogP contribution in [0.1, 0.15) is 17.9 Å². The van der Waals surface area contributed by atoms with Crippen molar-refractivity contribution in [1.82, 2.24) is 24.5 Å². The molecule has 0 aliphatic carbocycles. The monoisotopic (exact) mass is 301 g/mol. The van der Waals surface area contributed by atoms with Crippen LogP contribution in [0.3, 0.4) is 0 Å². The van der Waals surface area contributed by atoms with Gasteiger partial charge in [0.05, 0.1) is 31.2 Å². The zero-order valence-corrected chi connectivity index (χ0v) is 13.0. The van der Waals surface area contributed by atoms with Crippen molar-refractivity contribution in [1.29, 1.82) is 0 Å². The summed E-state index contributed by atoms with van der Waals surface area (Å²) in [5, 5.41) is 8.72. The first-order valence-electron chi connectivity index (χ1n) is 7.17. The summed E-state index contributed by atoms with van der Waals surface area (Å²) in [5.41, 5.74) is 2.89. The summed E-state index contributed by atoms with van der Waals surface area (Å²) in [6.07, 6.45) is 3.79. The predicted octanol–water partition coefficient (Wildman–Crippen LogP) is 1.72. The molecule has 0 N–H and O–H groups in total. The van der Waals surface area contributed by atoms with E-state index in [9.17, 15) is 4.79 Å². The van der Waals surface area contributed by atoms with Crippen molar-refractivity contribution >= 4 is 16.9 Å². The summed E-state index contributed by atoms with van der Waals surface area (Å²) in [6, 6.07) is 3.68. The molecule has 3 aromatic heterocycles. The predicted molar refractivity (Wildman–Crippen MR) is 81.0 cm³/mol. The lowest BCUT2D eigenvalue weighted by atomic mass is 10.3. The normalized spacial score (nSPS) is 11.2. The van der Waals surface area contributed by atoms with E-state index < -0.39 is 0 Å². The van der Waals surface area contributed by atoms with Gasteiger partial charge in [0, 0.05) is 20.5 Å². The number of hydrogen-bond acceptors (Lipinski definition) is 4. The zero-order chi connectivity index (χ0) is 15.7. The molecular formula is C15H19N5O2. The largest absolute Gasteiger partial charge is 0.467 e. The molecule has 0 aromatic carbocycles. The summed E-state index contributed by atoms with van der Waals surface area (Å²) in [7, 11) is 3.67. The van der Waals surface area contributed by atoms with Gasteiger partial charge in [0.2, 0.25) is 5.91 Å². The van der Waals surface area contributed by atoms with E-state index in [1.807, 2.05) is 30.8 Å². The number of furan rings is 1. The highest BCUT2D eigenvalue weighted by molar-refractivity contribution is 5.78. The van der Waals surface area contributed by atoms with Crippen LogP contribution in [0.25, 0.3) is 11.0 Å². The summed E-state index contributed by atoms with van der Waals surface area (Å²) < 4.78 is 8.91. The average Bonchev–Trinajstić information content (AvgIpc) is 3.17. The topological polar surface area (TPSA) is 69.1 Å². The molecule has 0 fully saturated rings. The Morgan fingerprint density at radius 3 is 3.00 bits per heavy atom. The lowest BCUT2D eigenvalue weighted by Gasteiger charge is -2.15. The Bertz CT molecular complexity index is 784. The number of nitrogens with zero attached hydrogens (tertiary/aromatic N) is 5. The molecule has 0 aliphatic rings. The molecule has 3 aromatic rings. The molecule has 22 heavy (non-hydrogen) atoms. The lowest BCUT2D eigenvalue weighted by molar-refractivity contribution is -0.130. The zero-order valence-electron chi connectivity index (χ0n) is 13.0. The average molecular weight is 301 g/mol. The van der Waals surface area contributed by atoms with Gasteiger partial charge in [-0.1, -0.05) is 0 Å². The quantitative estimate of drug-likeness (QED) is 0.719. The Hall–Kier alpha value is -2.57. The van der Waals surface area contributed by atoms with Crippen LogP contribution in [0.5, 0.6) is 0 Å². The van der Waals surface area contributed by atoms with Gasteiger partial charge in [0.25, 0.3) is 0 Å².